The van der Waals surface area contributed by atoms with Gasteiger partial charge in [0.2, 0.25) is 0 Å². The van der Waals surface area contributed by atoms with Crippen molar-refractivity contribution in [3.8, 4) is 0 Å². The molecule has 0 saturated carbocycles. The summed E-state index contributed by atoms with van der Waals surface area (Å²) in [6, 6.07) is 23.4. The van der Waals surface area contributed by atoms with Crippen molar-refractivity contribution in [1.29, 1.82) is 0 Å². The molecule has 0 N–H and O–H groups in total. The van der Waals surface area contributed by atoms with Gasteiger partial charge in [-0.3, -0.25) is 0 Å². The Bertz CT molecular complexity index is 814. The van der Waals surface area contributed by atoms with E-state index in [1.165, 1.54) is 0 Å². The van der Waals surface area contributed by atoms with Crippen molar-refractivity contribution in [2.75, 3.05) is 0 Å². The number of esters is 1. The largest absolute Gasteiger partial charge is 0.457 e. The second kappa shape index (κ2) is 6.27. The molecule has 0 heterocycles. The van der Waals surface area contributed by atoms with Gasteiger partial charge in [0, 0.05) is 0 Å². The van der Waals surface area contributed by atoms with Gasteiger partial charge in [0.25, 0.3) is 0 Å². The van der Waals surface area contributed by atoms with Crippen molar-refractivity contribution in [3.05, 3.63) is 90.5 Å². The van der Waals surface area contributed by atoms with E-state index in [1.807, 2.05) is 72.8 Å². The zero-order valence-electron chi connectivity index (χ0n) is 12.2. The highest BCUT2D eigenvalue weighted by atomic mass is 16.5. The quantitative estimate of drug-likeness (QED) is 0.518. The molecule has 0 aliphatic carbocycles. The average molecular weight is 288 g/mol. The lowest BCUT2D eigenvalue weighted by Gasteiger charge is -2.10. The Morgan fingerprint density at radius 1 is 0.864 bits per heavy atom. The fourth-order valence-corrected chi connectivity index (χ4v) is 2.41. The molecule has 0 spiro atoms. The lowest BCUT2D eigenvalue weighted by Crippen LogP contribution is -2.06. The van der Waals surface area contributed by atoms with Crippen molar-refractivity contribution in [3.63, 3.8) is 0 Å². The summed E-state index contributed by atoms with van der Waals surface area (Å²) in [7, 11) is 0. The normalized spacial score (nSPS) is 10.4. The molecule has 108 valence electrons. The van der Waals surface area contributed by atoms with E-state index in [9.17, 15) is 4.79 Å². The summed E-state index contributed by atoms with van der Waals surface area (Å²) in [5, 5.41) is 2.09. The number of rotatable bonds is 4. The summed E-state index contributed by atoms with van der Waals surface area (Å²) in [5.41, 5.74) is 2.16. The Morgan fingerprint density at radius 2 is 1.55 bits per heavy atom. The second-order valence-electron chi connectivity index (χ2n) is 5.07. The summed E-state index contributed by atoms with van der Waals surface area (Å²) < 4.78 is 5.35. The molecule has 0 radical (unpaired) electrons. The smallest absolute Gasteiger partial charge is 0.338 e. The van der Waals surface area contributed by atoms with E-state index in [0.29, 0.717) is 5.57 Å². The van der Waals surface area contributed by atoms with Gasteiger partial charge in [0.15, 0.2) is 0 Å². The van der Waals surface area contributed by atoms with Crippen LogP contribution in [0.15, 0.2) is 79.4 Å². The standard InChI is InChI=1S/C20H16O2/c1-15(20(21)22-14-16-8-3-2-4-9-16)18-13-7-11-17-10-5-6-12-19(17)18/h2-13H,1,14H2. The zero-order chi connectivity index (χ0) is 15.4. The number of carbonyl (C=O) groups excluding carboxylic acids is 1. The van der Waals surface area contributed by atoms with Gasteiger partial charge in [-0.1, -0.05) is 79.4 Å². The van der Waals surface area contributed by atoms with Crippen molar-refractivity contribution >= 4 is 22.3 Å². The third-order valence-corrected chi connectivity index (χ3v) is 3.57. The van der Waals surface area contributed by atoms with E-state index in [4.69, 9.17) is 4.74 Å². The highest BCUT2D eigenvalue weighted by Gasteiger charge is 2.13. The highest BCUT2D eigenvalue weighted by Crippen LogP contribution is 2.25. The van der Waals surface area contributed by atoms with Crippen LogP contribution in [0.4, 0.5) is 0 Å². The Balaban J connectivity index is 1.79. The minimum Gasteiger partial charge on any atom is -0.457 e. The summed E-state index contributed by atoms with van der Waals surface area (Å²) in [4.78, 5) is 12.2. The summed E-state index contributed by atoms with van der Waals surface area (Å²) in [6.07, 6.45) is 0. The Kier molecular flexibility index (Phi) is 4.01. The maximum Gasteiger partial charge on any atom is 0.338 e. The fraction of sp³-hybridized carbons (Fsp3) is 0.0500. The van der Waals surface area contributed by atoms with Crippen LogP contribution in [-0.2, 0) is 16.1 Å². The lowest BCUT2D eigenvalue weighted by atomic mass is 9.99. The molecule has 0 unspecified atom stereocenters. The number of fused-ring (bicyclic) bond motifs is 1. The zero-order valence-corrected chi connectivity index (χ0v) is 12.2. The van der Waals surface area contributed by atoms with Gasteiger partial charge in [-0.25, -0.2) is 4.79 Å². The summed E-state index contributed by atoms with van der Waals surface area (Å²) in [5.74, 6) is -0.389. The van der Waals surface area contributed by atoms with Gasteiger partial charge in [0.1, 0.15) is 6.61 Å². The first-order chi connectivity index (χ1) is 10.8. The van der Waals surface area contributed by atoms with E-state index < -0.39 is 0 Å². The van der Waals surface area contributed by atoms with Crippen molar-refractivity contribution < 1.29 is 9.53 Å². The molecular weight excluding hydrogens is 272 g/mol. The monoisotopic (exact) mass is 288 g/mol. The topological polar surface area (TPSA) is 26.3 Å². The predicted octanol–water partition coefficient (Wildman–Crippen LogP) is 4.60. The predicted molar refractivity (Wildman–Crippen MR) is 89.2 cm³/mol. The van der Waals surface area contributed by atoms with E-state index in [1.54, 1.807) is 0 Å². The third-order valence-electron chi connectivity index (χ3n) is 3.57. The minimum atomic E-state index is -0.389. The van der Waals surface area contributed by atoms with Gasteiger partial charge in [-0.15, -0.1) is 0 Å². The van der Waals surface area contributed by atoms with Crippen molar-refractivity contribution in [1.82, 2.24) is 0 Å². The SMILES string of the molecule is C=C(C(=O)OCc1ccccc1)c1cccc2ccccc12. The van der Waals surface area contributed by atoms with Crippen LogP contribution in [-0.4, -0.2) is 5.97 Å². The minimum absolute atomic E-state index is 0.253. The lowest BCUT2D eigenvalue weighted by molar-refractivity contribution is -0.137. The Morgan fingerprint density at radius 3 is 2.36 bits per heavy atom. The molecule has 0 aliphatic heterocycles. The van der Waals surface area contributed by atoms with E-state index in [-0.39, 0.29) is 12.6 Å². The second-order valence-corrected chi connectivity index (χ2v) is 5.07. The number of hydrogen-bond acceptors (Lipinski definition) is 2. The number of hydrogen-bond donors (Lipinski definition) is 0. The summed E-state index contributed by atoms with van der Waals surface area (Å²) >= 11 is 0. The van der Waals surface area contributed by atoms with Gasteiger partial charge in [-0.2, -0.15) is 0 Å². The molecule has 22 heavy (non-hydrogen) atoms. The molecule has 2 nitrogen and oxygen atoms in total. The molecule has 3 rings (SSSR count). The van der Waals surface area contributed by atoms with Gasteiger partial charge >= 0.3 is 5.97 Å². The molecule has 3 aromatic carbocycles. The maximum atomic E-state index is 12.2. The van der Waals surface area contributed by atoms with Crippen LogP contribution in [0, 0.1) is 0 Å². The molecular formula is C20H16O2. The van der Waals surface area contributed by atoms with Crippen LogP contribution in [0.5, 0.6) is 0 Å². The molecule has 0 atom stereocenters. The van der Waals surface area contributed by atoms with E-state index in [0.717, 1.165) is 21.9 Å². The van der Waals surface area contributed by atoms with Crippen LogP contribution in [0.2, 0.25) is 0 Å². The Hall–Kier alpha value is -2.87. The average Bonchev–Trinajstić information content (AvgIpc) is 2.59. The molecule has 0 saturated heterocycles. The molecule has 0 amide bonds. The molecule has 0 aromatic heterocycles. The first kappa shape index (κ1) is 14.1. The third kappa shape index (κ3) is 2.91. The molecule has 0 fully saturated rings. The number of carbonyl (C=O) groups is 1. The van der Waals surface area contributed by atoms with Crippen LogP contribution in [0.1, 0.15) is 11.1 Å². The van der Waals surface area contributed by atoms with Gasteiger partial charge < -0.3 is 4.74 Å². The first-order valence-electron chi connectivity index (χ1n) is 7.14. The van der Waals surface area contributed by atoms with Crippen LogP contribution >= 0.6 is 0 Å². The van der Waals surface area contributed by atoms with Gasteiger partial charge in [-0.05, 0) is 21.9 Å². The summed E-state index contributed by atoms with van der Waals surface area (Å²) in [6.45, 7) is 4.17. The first-order valence-corrected chi connectivity index (χ1v) is 7.14. The maximum absolute atomic E-state index is 12.2. The van der Waals surface area contributed by atoms with Gasteiger partial charge in [0.05, 0.1) is 5.57 Å². The van der Waals surface area contributed by atoms with E-state index >= 15 is 0 Å². The number of ether oxygens (including phenoxy) is 1. The number of benzene rings is 3. The Labute approximate surface area is 129 Å². The van der Waals surface area contributed by atoms with Crippen molar-refractivity contribution in [2.24, 2.45) is 0 Å². The highest BCUT2D eigenvalue weighted by molar-refractivity contribution is 6.19. The van der Waals surface area contributed by atoms with Crippen LogP contribution in [0.3, 0.4) is 0 Å². The molecule has 2 heteroatoms. The van der Waals surface area contributed by atoms with E-state index in [2.05, 4.69) is 6.58 Å². The van der Waals surface area contributed by atoms with Crippen LogP contribution in [0.25, 0.3) is 16.3 Å². The fourth-order valence-electron chi connectivity index (χ4n) is 2.41. The molecule has 0 aliphatic rings. The van der Waals surface area contributed by atoms with Crippen molar-refractivity contribution in [2.45, 2.75) is 6.61 Å². The molecule has 3 aromatic rings. The van der Waals surface area contributed by atoms with Crippen LogP contribution < -0.4 is 0 Å². The molecule has 0 bridgehead atoms.